The molecule has 0 radical (unpaired) electrons. The maximum absolute atomic E-state index is 12.2. The third kappa shape index (κ3) is 2.41. The summed E-state index contributed by atoms with van der Waals surface area (Å²) in [5, 5.41) is 0.572. The van der Waals surface area contributed by atoms with Crippen LogP contribution in [0.25, 0.3) is 0 Å². The number of hydrogen-bond donors (Lipinski definition) is 0. The number of pyridine rings is 1. The summed E-state index contributed by atoms with van der Waals surface area (Å²) in [6, 6.07) is 11.5. The van der Waals surface area contributed by atoms with Crippen LogP contribution in [0.5, 0.6) is 0 Å². The van der Waals surface area contributed by atoms with Gasteiger partial charge < -0.3 is 0 Å². The number of benzene rings is 1. The number of rotatable bonds is 2. The molecule has 3 nitrogen and oxygen atoms in total. The largest absolute Gasteiger partial charge is 0.279 e. The summed E-state index contributed by atoms with van der Waals surface area (Å²) in [6.45, 7) is 1.99. The molecular formula is C15H13ClN2OS. The molecule has 0 saturated carbocycles. The summed E-state index contributed by atoms with van der Waals surface area (Å²) in [4.78, 5) is 18.3. The number of carbonyl (C=O) groups is 1. The van der Waals surface area contributed by atoms with Crippen molar-refractivity contribution >= 4 is 35.1 Å². The fraction of sp³-hybridized carbons (Fsp3) is 0.200. The van der Waals surface area contributed by atoms with E-state index in [4.69, 9.17) is 11.6 Å². The molecule has 0 spiro atoms. The zero-order valence-corrected chi connectivity index (χ0v) is 12.5. The van der Waals surface area contributed by atoms with Crippen molar-refractivity contribution in [3.8, 4) is 0 Å². The number of amides is 1. The predicted octanol–water partition coefficient (Wildman–Crippen LogP) is 3.82. The van der Waals surface area contributed by atoms with E-state index in [1.165, 1.54) is 0 Å². The minimum atomic E-state index is -0.106. The minimum Gasteiger partial charge on any atom is -0.279 e. The molecule has 1 unspecified atom stereocenters. The lowest BCUT2D eigenvalue weighted by Crippen LogP contribution is -2.28. The number of halogens is 1. The van der Waals surface area contributed by atoms with Gasteiger partial charge in [-0.05, 0) is 30.7 Å². The molecule has 2 heterocycles. The Kier molecular flexibility index (Phi) is 3.68. The van der Waals surface area contributed by atoms with E-state index in [2.05, 4.69) is 4.98 Å². The van der Waals surface area contributed by atoms with Crippen LogP contribution in [0.1, 0.15) is 16.5 Å². The lowest BCUT2D eigenvalue weighted by atomic mass is 10.2. The maximum atomic E-state index is 12.2. The van der Waals surface area contributed by atoms with Crippen LogP contribution in [-0.2, 0) is 4.79 Å². The SMILES string of the molecule is Cc1ccnc(N2C(=O)CSC2c2ccccc2Cl)c1. The Morgan fingerprint density at radius 3 is 2.90 bits per heavy atom. The third-order valence-electron chi connectivity index (χ3n) is 3.19. The summed E-state index contributed by atoms with van der Waals surface area (Å²) in [5.74, 6) is 1.20. The molecule has 1 aromatic heterocycles. The monoisotopic (exact) mass is 304 g/mol. The molecule has 1 saturated heterocycles. The van der Waals surface area contributed by atoms with Gasteiger partial charge in [-0.3, -0.25) is 9.69 Å². The molecule has 102 valence electrons. The van der Waals surface area contributed by atoms with E-state index in [0.717, 1.165) is 11.1 Å². The van der Waals surface area contributed by atoms with Gasteiger partial charge in [0.1, 0.15) is 11.2 Å². The van der Waals surface area contributed by atoms with Gasteiger partial charge in [-0.2, -0.15) is 0 Å². The Labute approximate surface area is 127 Å². The van der Waals surface area contributed by atoms with Gasteiger partial charge in [0.25, 0.3) is 0 Å². The molecule has 2 aromatic rings. The Morgan fingerprint density at radius 1 is 1.35 bits per heavy atom. The van der Waals surface area contributed by atoms with Crippen LogP contribution in [-0.4, -0.2) is 16.6 Å². The van der Waals surface area contributed by atoms with Gasteiger partial charge in [0.05, 0.1) is 5.75 Å². The van der Waals surface area contributed by atoms with Crippen molar-refractivity contribution in [2.75, 3.05) is 10.7 Å². The van der Waals surface area contributed by atoms with E-state index in [-0.39, 0.29) is 11.3 Å². The van der Waals surface area contributed by atoms with Crippen molar-refractivity contribution in [1.29, 1.82) is 0 Å². The second kappa shape index (κ2) is 5.46. The second-order valence-electron chi connectivity index (χ2n) is 4.64. The highest BCUT2D eigenvalue weighted by molar-refractivity contribution is 8.00. The first kappa shape index (κ1) is 13.5. The maximum Gasteiger partial charge on any atom is 0.239 e. The summed E-state index contributed by atoms with van der Waals surface area (Å²) >= 11 is 7.84. The van der Waals surface area contributed by atoms with Crippen LogP contribution in [0.2, 0.25) is 5.02 Å². The van der Waals surface area contributed by atoms with E-state index in [9.17, 15) is 4.79 Å². The number of anilines is 1. The predicted molar refractivity (Wildman–Crippen MR) is 83.1 cm³/mol. The molecule has 3 rings (SSSR count). The van der Waals surface area contributed by atoms with Crippen LogP contribution >= 0.6 is 23.4 Å². The summed E-state index contributed by atoms with van der Waals surface area (Å²) < 4.78 is 0. The van der Waals surface area contributed by atoms with Gasteiger partial charge in [0, 0.05) is 16.8 Å². The second-order valence-corrected chi connectivity index (χ2v) is 6.12. The van der Waals surface area contributed by atoms with Gasteiger partial charge in [-0.1, -0.05) is 29.8 Å². The van der Waals surface area contributed by atoms with Gasteiger partial charge in [-0.25, -0.2) is 4.98 Å². The Bertz CT molecular complexity index is 662. The van der Waals surface area contributed by atoms with Crippen molar-refractivity contribution in [3.63, 3.8) is 0 Å². The molecule has 1 aromatic carbocycles. The topological polar surface area (TPSA) is 33.2 Å². The van der Waals surface area contributed by atoms with Gasteiger partial charge in [0.15, 0.2) is 0 Å². The van der Waals surface area contributed by atoms with Crippen LogP contribution in [0.15, 0.2) is 42.6 Å². The summed E-state index contributed by atoms with van der Waals surface area (Å²) in [6.07, 6.45) is 1.73. The number of aryl methyl sites for hydroxylation is 1. The molecule has 1 aliphatic heterocycles. The molecule has 0 N–H and O–H groups in total. The van der Waals surface area contributed by atoms with Crippen molar-refractivity contribution < 1.29 is 4.79 Å². The smallest absolute Gasteiger partial charge is 0.239 e. The quantitative estimate of drug-likeness (QED) is 0.845. The van der Waals surface area contributed by atoms with E-state index < -0.39 is 0 Å². The number of aromatic nitrogens is 1. The molecule has 0 aliphatic carbocycles. The number of hydrogen-bond acceptors (Lipinski definition) is 3. The first-order chi connectivity index (χ1) is 9.66. The summed E-state index contributed by atoms with van der Waals surface area (Å²) in [7, 11) is 0. The van der Waals surface area contributed by atoms with Crippen LogP contribution < -0.4 is 4.90 Å². The van der Waals surface area contributed by atoms with Crippen molar-refractivity contribution in [3.05, 3.63) is 58.7 Å². The van der Waals surface area contributed by atoms with Crippen molar-refractivity contribution in [2.24, 2.45) is 0 Å². The highest BCUT2D eigenvalue weighted by Gasteiger charge is 2.35. The Morgan fingerprint density at radius 2 is 2.15 bits per heavy atom. The van der Waals surface area contributed by atoms with Gasteiger partial charge in [-0.15, -0.1) is 11.8 Å². The van der Waals surface area contributed by atoms with E-state index in [0.29, 0.717) is 16.6 Å². The number of nitrogens with zero attached hydrogens (tertiary/aromatic N) is 2. The first-order valence-electron chi connectivity index (χ1n) is 6.27. The highest BCUT2D eigenvalue weighted by Crippen LogP contribution is 2.43. The van der Waals surface area contributed by atoms with Crippen LogP contribution in [0, 0.1) is 6.92 Å². The van der Waals surface area contributed by atoms with Crippen molar-refractivity contribution in [2.45, 2.75) is 12.3 Å². The standard InChI is InChI=1S/C15H13ClN2OS/c1-10-6-7-17-13(8-10)18-14(19)9-20-15(18)11-4-2-3-5-12(11)16/h2-8,15H,9H2,1H3. The molecular weight excluding hydrogens is 292 g/mol. The van der Waals surface area contributed by atoms with Gasteiger partial charge >= 0.3 is 0 Å². The summed E-state index contributed by atoms with van der Waals surface area (Å²) in [5.41, 5.74) is 2.03. The first-order valence-corrected chi connectivity index (χ1v) is 7.70. The fourth-order valence-electron chi connectivity index (χ4n) is 2.23. The lowest BCUT2D eigenvalue weighted by Gasteiger charge is -2.24. The zero-order chi connectivity index (χ0) is 14.1. The van der Waals surface area contributed by atoms with E-state index in [1.807, 2.05) is 43.3 Å². The van der Waals surface area contributed by atoms with Gasteiger partial charge in [0.2, 0.25) is 5.91 Å². The van der Waals surface area contributed by atoms with Crippen LogP contribution in [0.4, 0.5) is 5.82 Å². The average Bonchev–Trinajstić information content (AvgIpc) is 2.81. The zero-order valence-electron chi connectivity index (χ0n) is 10.9. The van der Waals surface area contributed by atoms with E-state index >= 15 is 0 Å². The normalized spacial score (nSPS) is 18.6. The minimum absolute atomic E-state index is 0.0676. The highest BCUT2D eigenvalue weighted by atomic mass is 35.5. The molecule has 0 bridgehead atoms. The molecule has 1 amide bonds. The number of carbonyl (C=O) groups excluding carboxylic acids is 1. The Hall–Kier alpha value is -1.52. The number of thioether (sulfide) groups is 1. The molecule has 20 heavy (non-hydrogen) atoms. The van der Waals surface area contributed by atoms with E-state index in [1.54, 1.807) is 22.9 Å². The fourth-order valence-corrected chi connectivity index (χ4v) is 3.73. The molecule has 1 atom stereocenters. The van der Waals surface area contributed by atoms with Crippen molar-refractivity contribution in [1.82, 2.24) is 4.98 Å². The third-order valence-corrected chi connectivity index (χ3v) is 4.73. The Balaban J connectivity index is 2.03. The molecule has 1 aliphatic rings. The average molecular weight is 305 g/mol. The molecule has 1 fully saturated rings. The molecule has 5 heteroatoms. The lowest BCUT2D eigenvalue weighted by molar-refractivity contribution is -0.115. The van der Waals surface area contributed by atoms with Crippen LogP contribution in [0.3, 0.4) is 0 Å².